The van der Waals surface area contributed by atoms with Crippen LogP contribution in [0.2, 0.25) is 0 Å². The van der Waals surface area contributed by atoms with Crippen molar-refractivity contribution in [2.24, 2.45) is 0 Å². The number of aryl methyl sites for hydroxylation is 1. The first-order chi connectivity index (χ1) is 11.5. The smallest absolute Gasteiger partial charge is 0.139 e. The molecule has 0 bridgehead atoms. The molecule has 2 aromatic rings. The highest BCUT2D eigenvalue weighted by Crippen LogP contribution is 2.33. The van der Waals surface area contributed by atoms with Crippen molar-refractivity contribution in [2.75, 3.05) is 29.4 Å². The number of aromatic nitrogens is 1. The number of nitrogens with zero attached hydrogens (tertiary/aromatic N) is 3. The average molecular weight is 342 g/mol. The maximum Gasteiger partial charge on any atom is 0.139 e. The Bertz CT molecular complexity index is 775. The van der Waals surface area contributed by atoms with Crippen LogP contribution in [-0.4, -0.2) is 35.6 Å². The molecule has 0 saturated heterocycles. The second kappa shape index (κ2) is 6.65. The monoisotopic (exact) mass is 342 g/mol. The van der Waals surface area contributed by atoms with Crippen LogP contribution < -0.4 is 9.80 Å². The Balaban J connectivity index is 1.84. The van der Waals surface area contributed by atoms with Gasteiger partial charge in [0.15, 0.2) is 0 Å². The van der Waals surface area contributed by atoms with Gasteiger partial charge in [0.2, 0.25) is 0 Å². The van der Waals surface area contributed by atoms with Crippen LogP contribution in [0.5, 0.6) is 0 Å². The van der Waals surface area contributed by atoms with Crippen molar-refractivity contribution in [1.29, 1.82) is 5.41 Å². The van der Waals surface area contributed by atoms with Gasteiger partial charge in [-0.3, -0.25) is 5.41 Å². The Labute approximate surface area is 146 Å². The number of benzene rings is 1. The largest absolute Gasteiger partial charge is 0.510 e. The number of amidine groups is 1. The van der Waals surface area contributed by atoms with Crippen molar-refractivity contribution in [2.45, 2.75) is 20.8 Å². The zero-order chi connectivity index (χ0) is 17.3. The number of rotatable bonds is 5. The number of aliphatic hydroxyl groups excluding tert-OH is 1. The van der Waals surface area contributed by atoms with Gasteiger partial charge in [-0.2, -0.15) is 0 Å². The molecule has 2 N–H and O–H groups in total. The molecular weight excluding hydrogens is 320 g/mol. The Kier molecular flexibility index (Phi) is 4.57. The summed E-state index contributed by atoms with van der Waals surface area (Å²) in [5, 5.41) is 21.4. The predicted octanol–water partition coefficient (Wildman–Crippen LogP) is 4.06. The number of hydrogen-bond acceptors (Lipinski definition) is 5. The van der Waals surface area contributed by atoms with E-state index in [9.17, 15) is 5.11 Å². The molecule has 5 nitrogen and oxygen atoms in total. The van der Waals surface area contributed by atoms with E-state index in [4.69, 9.17) is 5.41 Å². The second-order valence-corrected chi connectivity index (χ2v) is 6.60. The first-order valence-corrected chi connectivity index (χ1v) is 8.99. The highest BCUT2D eigenvalue weighted by Gasteiger charge is 2.31. The van der Waals surface area contributed by atoms with Gasteiger partial charge in [0.05, 0.1) is 12.1 Å². The van der Waals surface area contributed by atoms with Gasteiger partial charge in [-0.15, -0.1) is 11.3 Å². The molecule has 0 atom stereocenters. The maximum absolute atomic E-state index is 10.3. The minimum Gasteiger partial charge on any atom is -0.510 e. The van der Waals surface area contributed by atoms with Crippen LogP contribution in [0.3, 0.4) is 0 Å². The number of hydrogen-bond donors (Lipinski definition) is 2. The first kappa shape index (κ1) is 16.5. The first-order valence-electron chi connectivity index (χ1n) is 8.11. The zero-order valence-corrected chi connectivity index (χ0v) is 15.0. The van der Waals surface area contributed by atoms with Gasteiger partial charge < -0.3 is 14.9 Å². The molecule has 2 heterocycles. The lowest BCUT2D eigenvalue weighted by molar-refractivity contribution is 0.411. The summed E-state index contributed by atoms with van der Waals surface area (Å²) in [7, 11) is 0. The molecule has 1 aliphatic heterocycles. The van der Waals surface area contributed by atoms with Gasteiger partial charge in [-0.05, 0) is 45.0 Å². The summed E-state index contributed by atoms with van der Waals surface area (Å²) in [5.41, 5.74) is 3.53. The third-order valence-corrected chi connectivity index (χ3v) is 5.20. The second-order valence-electron chi connectivity index (χ2n) is 5.74. The summed E-state index contributed by atoms with van der Waals surface area (Å²) in [4.78, 5) is 8.50. The number of thiazole rings is 1. The van der Waals surface area contributed by atoms with E-state index in [0.717, 1.165) is 24.5 Å². The van der Waals surface area contributed by atoms with E-state index < -0.39 is 0 Å². The lowest BCUT2D eigenvalue weighted by Crippen LogP contribution is -2.26. The van der Waals surface area contributed by atoms with Gasteiger partial charge >= 0.3 is 0 Å². The summed E-state index contributed by atoms with van der Waals surface area (Å²) >= 11 is 1.46. The molecule has 1 aromatic carbocycles. The minimum absolute atomic E-state index is 0.210. The molecule has 0 saturated carbocycles. The molecular formula is C18H22N4OS. The van der Waals surface area contributed by atoms with E-state index in [1.807, 2.05) is 29.3 Å². The number of anilines is 2. The third-order valence-electron chi connectivity index (χ3n) is 4.23. The molecule has 24 heavy (non-hydrogen) atoms. The topological polar surface area (TPSA) is 63.5 Å². The summed E-state index contributed by atoms with van der Waals surface area (Å²) in [5.74, 6) is 0.514. The molecule has 3 rings (SSSR count). The SMILES string of the molecule is CCN(CC)c1ccc(N2CC(O)=C(c3nc(C)cs3)C2=N)cc1. The molecule has 126 valence electrons. The highest BCUT2D eigenvalue weighted by atomic mass is 32.1. The molecule has 0 unspecified atom stereocenters. The fourth-order valence-electron chi connectivity index (χ4n) is 2.93. The van der Waals surface area contributed by atoms with E-state index in [1.165, 1.54) is 17.0 Å². The average Bonchev–Trinajstić information content (AvgIpc) is 3.12. The molecule has 0 radical (unpaired) electrons. The third kappa shape index (κ3) is 2.89. The van der Waals surface area contributed by atoms with Crippen LogP contribution >= 0.6 is 11.3 Å². The Morgan fingerprint density at radius 3 is 2.46 bits per heavy atom. The van der Waals surface area contributed by atoms with Gasteiger partial charge in [0.25, 0.3) is 0 Å². The van der Waals surface area contributed by atoms with Crippen molar-refractivity contribution in [1.82, 2.24) is 4.98 Å². The molecule has 1 aliphatic rings. The van der Waals surface area contributed by atoms with Crippen LogP contribution in [0, 0.1) is 12.3 Å². The number of nitrogens with one attached hydrogen (secondary N) is 1. The van der Waals surface area contributed by atoms with E-state index in [2.05, 4.69) is 35.9 Å². The van der Waals surface area contributed by atoms with Crippen LogP contribution in [0.25, 0.3) is 5.57 Å². The van der Waals surface area contributed by atoms with Crippen LogP contribution in [0.4, 0.5) is 11.4 Å². The lowest BCUT2D eigenvalue weighted by atomic mass is 10.2. The molecule has 0 spiro atoms. The highest BCUT2D eigenvalue weighted by molar-refractivity contribution is 7.11. The fourth-order valence-corrected chi connectivity index (χ4v) is 3.79. The van der Waals surface area contributed by atoms with Crippen LogP contribution in [0.1, 0.15) is 24.5 Å². The standard InChI is InChI=1S/C18H22N4OS/c1-4-21(5-2)13-6-8-14(9-7-13)22-10-15(23)16(17(22)19)18-20-12(3)11-24-18/h6-9,11,19,23H,4-5,10H2,1-3H3. The predicted molar refractivity (Wildman–Crippen MR) is 101 cm³/mol. The number of aliphatic hydroxyl groups is 1. The molecule has 0 amide bonds. The van der Waals surface area contributed by atoms with E-state index in [-0.39, 0.29) is 5.76 Å². The lowest BCUT2D eigenvalue weighted by Gasteiger charge is -2.23. The summed E-state index contributed by atoms with van der Waals surface area (Å²) in [6, 6.07) is 8.15. The Morgan fingerprint density at radius 2 is 1.92 bits per heavy atom. The Morgan fingerprint density at radius 1 is 1.25 bits per heavy atom. The summed E-state index contributed by atoms with van der Waals surface area (Å²) in [6.45, 7) is 8.43. The van der Waals surface area contributed by atoms with E-state index in [0.29, 0.717) is 23.0 Å². The summed E-state index contributed by atoms with van der Waals surface area (Å²) in [6.07, 6.45) is 0. The molecule has 0 aliphatic carbocycles. The fraction of sp³-hybridized carbons (Fsp3) is 0.333. The van der Waals surface area contributed by atoms with Gasteiger partial charge in [-0.25, -0.2) is 4.98 Å². The minimum atomic E-state index is 0.210. The quantitative estimate of drug-likeness (QED) is 0.860. The maximum atomic E-state index is 10.3. The van der Waals surface area contributed by atoms with Crippen molar-refractivity contribution in [3.8, 4) is 0 Å². The van der Waals surface area contributed by atoms with Gasteiger partial charge in [-0.1, -0.05) is 0 Å². The van der Waals surface area contributed by atoms with E-state index >= 15 is 0 Å². The van der Waals surface area contributed by atoms with Crippen LogP contribution in [0.15, 0.2) is 35.4 Å². The molecule has 6 heteroatoms. The van der Waals surface area contributed by atoms with Crippen LogP contribution in [-0.2, 0) is 0 Å². The zero-order valence-electron chi connectivity index (χ0n) is 14.2. The van der Waals surface area contributed by atoms with Crippen molar-refractivity contribution < 1.29 is 5.11 Å². The van der Waals surface area contributed by atoms with Crippen molar-refractivity contribution >= 4 is 34.1 Å². The molecule has 1 aromatic heterocycles. The van der Waals surface area contributed by atoms with Gasteiger partial charge in [0.1, 0.15) is 16.6 Å². The normalized spacial score (nSPS) is 14.6. The van der Waals surface area contributed by atoms with Crippen molar-refractivity contribution in [3.05, 3.63) is 46.1 Å². The van der Waals surface area contributed by atoms with Gasteiger partial charge in [0, 0.05) is 35.5 Å². The summed E-state index contributed by atoms with van der Waals surface area (Å²) < 4.78 is 0. The van der Waals surface area contributed by atoms with Crippen molar-refractivity contribution in [3.63, 3.8) is 0 Å². The van der Waals surface area contributed by atoms with E-state index in [1.54, 1.807) is 0 Å². The Hall–Kier alpha value is -2.34. The molecule has 0 fully saturated rings.